The first-order valence-electron chi connectivity index (χ1n) is 12.9. The van der Waals surface area contributed by atoms with Crippen molar-refractivity contribution >= 4 is 33.1 Å². The Labute approximate surface area is 221 Å². The van der Waals surface area contributed by atoms with Gasteiger partial charge in [0, 0.05) is 22.7 Å². The van der Waals surface area contributed by atoms with Crippen LogP contribution in [0.2, 0.25) is 0 Å². The van der Waals surface area contributed by atoms with Crippen LogP contribution in [0.4, 0.5) is 0 Å². The van der Waals surface area contributed by atoms with Crippen LogP contribution in [-0.4, -0.2) is 14.5 Å². The molecule has 0 aliphatic rings. The smallest absolute Gasteiger partial charge is 0.154 e. The van der Waals surface area contributed by atoms with E-state index in [1.54, 1.807) is 0 Å². The van der Waals surface area contributed by atoms with Gasteiger partial charge < -0.3 is 4.42 Å². The Bertz CT molecular complexity index is 1960. The Morgan fingerprint density at radius 1 is 0.711 bits per heavy atom. The van der Waals surface area contributed by atoms with E-state index in [9.17, 15) is 0 Å². The summed E-state index contributed by atoms with van der Waals surface area (Å²) in [6.45, 7) is 6.76. The molecule has 4 nitrogen and oxygen atoms in total. The molecule has 0 bridgehead atoms. The van der Waals surface area contributed by atoms with Gasteiger partial charge in [0.05, 0.1) is 16.7 Å². The van der Waals surface area contributed by atoms with Crippen LogP contribution in [0.3, 0.4) is 0 Å². The van der Waals surface area contributed by atoms with Gasteiger partial charge in [-0.2, -0.15) is 0 Å². The zero-order valence-corrected chi connectivity index (χ0v) is 21.6. The molecule has 0 aliphatic heterocycles. The van der Waals surface area contributed by atoms with Crippen LogP contribution in [-0.2, 0) is 5.41 Å². The maximum Gasteiger partial charge on any atom is 0.154 e. The molecule has 0 atom stereocenters. The molecule has 4 aromatic carbocycles. The second-order valence-corrected chi connectivity index (χ2v) is 10.8. The van der Waals surface area contributed by atoms with Gasteiger partial charge in [-0.3, -0.25) is 9.55 Å². The molecule has 0 radical (unpaired) electrons. The minimum absolute atomic E-state index is 0.0259. The zero-order chi connectivity index (χ0) is 25.9. The average molecular weight is 494 g/mol. The summed E-state index contributed by atoms with van der Waals surface area (Å²) in [5.74, 6) is 0.835. The molecule has 0 fully saturated rings. The number of benzene rings is 4. The maximum atomic E-state index is 6.18. The van der Waals surface area contributed by atoms with Gasteiger partial charge in [0.25, 0.3) is 0 Å². The third-order valence-electron chi connectivity index (χ3n) is 7.22. The minimum atomic E-state index is 0.0259. The van der Waals surface area contributed by atoms with E-state index in [0.717, 1.165) is 50.2 Å². The van der Waals surface area contributed by atoms with Gasteiger partial charge in [-0.1, -0.05) is 81.4 Å². The predicted molar refractivity (Wildman–Crippen MR) is 156 cm³/mol. The average Bonchev–Trinajstić information content (AvgIpc) is 3.51. The molecule has 3 heterocycles. The van der Waals surface area contributed by atoms with Crippen LogP contribution in [0.1, 0.15) is 26.3 Å². The molecule has 0 spiro atoms. The lowest BCUT2D eigenvalue weighted by atomic mass is 9.85. The SMILES string of the molecule is CC(C)(C)c1ccc(-n2c(-c3cnc4c(c3)oc3ccccc34)nc3ccccc32)c(-c2ccccc2)c1. The molecule has 3 aromatic heterocycles. The Hall–Kier alpha value is -4.70. The van der Waals surface area contributed by atoms with Gasteiger partial charge in [-0.25, -0.2) is 4.98 Å². The lowest BCUT2D eigenvalue weighted by Crippen LogP contribution is -2.12. The number of pyridine rings is 1. The molecule has 38 heavy (non-hydrogen) atoms. The van der Waals surface area contributed by atoms with Crippen molar-refractivity contribution in [1.82, 2.24) is 14.5 Å². The molecule has 184 valence electrons. The Balaban J connectivity index is 1.52. The zero-order valence-electron chi connectivity index (χ0n) is 21.6. The molecule has 0 saturated heterocycles. The fourth-order valence-corrected chi connectivity index (χ4v) is 5.23. The topological polar surface area (TPSA) is 43.9 Å². The third kappa shape index (κ3) is 3.60. The molecule has 7 rings (SSSR count). The first-order valence-corrected chi connectivity index (χ1v) is 12.9. The molecular formula is C34H27N3O. The van der Waals surface area contributed by atoms with Gasteiger partial charge >= 0.3 is 0 Å². The number of aromatic nitrogens is 3. The predicted octanol–water partition coefficient (Wildman–Crippen LogP) is 8.95. The molecule has 0 aliphatic carbocycles. The quantitative estimate of drug-likeness (QED) is 0.247. The highest BCUT2D eigenvalue weighted by Crippen LogP contribution is 2.38. The number of hydrogen-bond donors (Lipinski definition) is 0. The van der Waals surface area contributed by atoms with E-state index in [1.807, 2.05) is 36.5 Å². The highest BCUT2D eigenvalue weighted by atomic mass is 16.3. The van der Waals surface area contributed by atoms with Crippen molar-refractivity contribution in [3.8, 4) is 28.2 Å². The Morgan fingerprint density at radius 3 is 2.32 bits per heavy atom. The molecule has 7 aromatic rings. The van der Waals surface area contributed by atoms with Crippen LogP contribution in [0, 0.1) is 0 Å². The van der Waals surface area contributed by atoms with Crippen molar-refractivity contribution in [2.75, 3.05) is 0 Å². The van der Waals surface area contributed by atoms with E-state index in [0.29, 0.717) is 0 Å². The van der Waals surface area contributed by atoms with Crippen molar-refractivity contribution in [3.63, 3.8) is 0 Å². The second-order valence-electron chi connectivity index (χ2n) is 10.8. The van der Waals surface area contributed by atoms with Crippen LogP contribution in [0.25, 0.3) is 61.3 Å². The number of imidazole rings is 1. The summed E-state index contributed by atoms with van der Waals surface area (Å²) in [5, 5.41) is 1.02. The highest BCUT2D eigenvalue weighted by Gasteiger charge is 2.21. The van der Waals surface area contributed by atoms with E-state index in [-0.39, 0.29) is 5.41 Å². The van der Waals surface area contributed by atoms with E-state index in [2.05, 4.69) is 98.1 Å². The normalized spacial score (nSPS) is 12.1. The summed E-state index contributed by atoms with van der Waals surface area (Å²) in [6, 6.07) is 35.8. The van der Waals surface area contributed by atoms with Crippen LogP contribution < -0.4 is 0 Å². The van der Waals surface area contributed by atoms with Crippen molar-refractivity contribution < 1.29 is 4.42 Å². The van der Waals surface area contributed by atoms with Crippen LogP contribution in [0.15, 0.2) is 114 Å². The van der Waals surface area contributed by atoms with Gasteiger partial charge in [-0.15, -0.1) is 0 Å². The summed E-state index contributed by atoms with van der Waals surface area (Å²) in [5.41, 5.74) is 10.1. The number of furan rings is 1. The summed E-state index contributed by atoms with van der Waals surface area (Å²) in [6.07, 6.45) is 1.91. The first kappa shape index (κ1) is 22.5. The number of rotatable bonds is 3. The van der Waals surface area contributed by atoms with E-state index < -0.39 is 0 Å². The van der Waals surface area contributed by atoms with Crippen LogP contribution >= 0.6 is 0 Å². The molecule has 4 heteroatoms. The summed E-state index contributed by atoms with van der Waals surface area (Å²) in [4.78, 5) is 9.94. The number of fused-ring (bicyclic) bond motifs is 4. The lowest BCUT2D eigenvalue weighted by molar-refractivity contribution is 0.590. The number of para-hydroxylation sites is 3. The number of hydrogen-bond acceptors (Lipinski definition) is 3. The van der Waals surface area contributed by atoms with E-state index >= 15 is 0 Å². The monoisotopic (exact) mass is 493 g/mol. The molecule has 0 saturated carbocycles. The second kappa shape index (κ2) is 8.42. The van der Waals surface area contributed by atoms with Crippen molar-refractivity contribution in [2.24, 2.45) is 0 Å². The van der Waals surface area contributed by atoms with E-state index in [1.165, 1.54) is 16.7 Å². The van der Waals surface area contributed by atoms with Crippen molar-refractivity contribution in [3.05, 3.63) is 115 Å². The third-order valence-corrected chi connectivity index (χ3v) is 7.22. The van der Waals surface area contributed by atoms with Gasteiger partial charge in [-0.05, 0) is 59.0 Å². The Morgan fingerprint density at radius 2 is 1.47 bits per heavy atom. The first-order chi connectivity index (χ1) is 18.5. The molecule has 0 amide bonds. The lowest BCUT2D eigenvalue weighted by Gasteiger charge is -2.23. The summed E-state index contributed by atoms with van der Waals surface area (Å²) in [7, 11) is 0. The number of nitrogens with zero attached hydrogens (tertiary/aromatic N) is 3. The largest absolute Gasteiger partial charge is 0.454 e. The highest BCUT2D eigenvalue weighted by molar-refractivity contribution is 6.03. The standard InChI is InChI=1S/C34H27N3O/c1-34(2,3)24-17-18-28(26(20-24)22-11-5-4-6-12-22)37-29-15-9-8-14-27(29)36-33(37)23-19-31-32(35-21-23)25-13-7-10-16-30(25)38-31/h4-21H,1-3H3. The molecule has 0 N–H and O–H groups in total. The fourth-order valence-electron chi connectivity index (χ4n) is 5.23. The molecular weight excluding hydrogens is 466 g/mol. The fraction of sp³-hybridized carbons (Fsp3) is 0.118. The van der Waals surface area contributed by atoms with E-state index in [4.69, 9.17) is 14.4 Å². The minimum Gasteiger partial charge on any atom is -0.454 e. The summed E-state index contributed by atoms with van der Waals surface area (Å²) >= 11 is 0. The Kier molecular flexibility index (Phi) is 4.98. The van der Waals surface area contributed by atoms with Crippen LogP contribution in [0.5, 0.6) is 0 Å². The van der Waals surface area contributed by atoms with Gasteiger partial charge in [0.1, 0.15) is 16.9 Å². The van der Waals surface area contributed by atoms with Gasteiger partial charge in [0.2, 0.25) is 0 Å². The molecule has 0 unspecified atom stereocenters. The van der Waals surface area contributed by atoms with Gasteiger partial charge in [0.15, 0.2) is 5.58 Å². The summed E-state index contributed by atoms with van der Waals surface area (Å²) < 4.78 is 8.44. The van der Waals surface area contributed by atoms with Crippen molar-refractivity contribution in [2.45, 2.75) is 26.2 Å². The maximum absolute atomic E-state index is 6.18. The van der Waals surface area contributed by atoms with Crippen molar-refractivity contribution in [1.29, 1.82) is 0 Å².